The van der Waals surface area contributed by atoms with Crippen molar-refractivity contribution in [2.24, 2.45) is 0 Å². The molecule has 1 aliphatic rings. The Morgan fingerprint density at radius 3 is 1.14 bits per heavy atom. The zero-order valence-corrected chi connectivity index (χ0v) is 48.9. The molecule has 0 aliphatic carbocycles. The fourth-order valence-electron chi connectivity index (χ4n) is 10.6. The summed E-state index contributed by atoms with van der Waals surface area (Å²) < 4.78 is 11.3. The number of nitrogens with one attached hydrogen (secondary N) is 1. The molecular weight excluding hydrogens is 923 g/mol. The van der Waals surface area contributed by atoms with E-state index >= 15 is 0 Å². The van der Waals surface area contributed by atoms with E-state index in [4.69, 9.17) is 9.47 Å². The smallest absolute Gasteiger partial charge is 0.220 e. The summed E-state index contributed by atoms with van der Waals surface area (Å²) in [7, 11) is 0. The molecule has 0 spiro atoms. The van der Waals surface area contributed by atoms with Gasteiger partial charge in [-0.25, -0.2) is 0 Å². The number of amides is 1. The molecule has 6 N–H and O–H groups in total. The topological polar surface area (TPSA) is 149 Å². The minimum atomic E-state index is -1.57. The van der Waals surface area contributed by atoms with Crippen molar-refractivity contribution in [2.75, 3.05) is 13.2 Å². The van der Waals surface area contributed by atoms with Crippen LogP contribution in [-0.2, 0) is 14.3 Å². The average molecular weight is 1050 g/mol. The van der Waals surface area contributed by atoms with Gasteiger partial charge in [0.25, 0.3) is 0 Å². The normalized spacial score (nSPS) is 19.0. The number of unbranched alkanes of at least 4 members (excludes halogenated alkanes) is 45. The molecule has 0 aromatic carbocycles. The average Bonchev–Trinajstić information content (AvgIpc) is 3.40. The van der Waals surface area contributed by atoms with E-state index in [0.29, 0.717) is 6.42 Å². The Morgan fingerprint density at radius 1 is 0.446 bits per heavy atom. The number of aliphatic hydroxyl groups is 5. The summed E-state index contributed by atoms with van der Waals surface area (Å²) >= 11 is 0. The first kappa shape index (κ1) is 70.7. The maximum absolute atomic E-state index is 13.1. The van der Waals surface area contributed by atoms with Crippen LogP contribution in [0.25, 0.3) is 0 Å². The quantitative estimate of drug-likeness (QED) is 0.0261. The van der Waals surface area contributed by atoms with Crippen LogP contribution >= 0.6 is 0 Å². The summed E-state index contributed by atoms with van der Waals surface area (Å²) in [5.74, 6) is -0.179. The fourth-order valence-corrected chi connectivity index (χ4v) is 10.6. The van der Waals surface area contributed by atoms with Crippen molar-refractivity contribution in [3.63, 3.8) is 0 Å². The molecular formula is C65H125NO8. The van der Waals surface area contributed by atoms with E-state index in [9.17, 15) is 30.3 Å². The largest absolute Gasteiger partial charge is 0.394 e. The zero-order valence-electron chi connectivity index (χ0n) is 48.9. The lowest BCUT2D eigenvalue weighted by Crippen LogP contribution is -2.60. The number of hydrogen-bond acceptors (Lipinski definition) is 8. The Labute approximate surface area is 458 Å². The molecule has 7 atom stereocenters. The molecule has 0 aromatic heterocycles. The van der Waals surface area contributed by atoms with Gasteiger partial charge in [0, 0.05) is 6.42 Å². The molecule has 1 heterocycles. The summed E-state index contributed by atoms with van der Waals surface area (Å²) in [4.78, 5) is 13.1. The lowest BCUT2D eigenvalue weighted by Gasteiger charge is -2.40. The lowest BCUT2D eigenvalue weighted by atomic mass is 9.99. The van der Waals surface area contributed by atoms with Crippen molar-refractivity contribution in [3.8, 4) is 0 Å². The van der Waals surface area contributed by atoms with Gasteiger partial charge in [0.15, 0.2) is 6.29 Å². The van der Waals surface area contributed by atoms with Gasteiger partial charge >= 0.3 is 0 Å². The summed E-state index contributed by atoms with van der Waals surface area (Å²) in [5.41, 5.74) is 0. The van der Waals surface area contributed by atoms with Gasteiger partial charge in [-0.1, -0.05) is 314 Å². The first-order valence-corrected chi connectivity index (χ1v) is 32.6. The molecule has 1 rings (SSSR count). The fraction of sp³-hybridized carbons (Fsp3) is 0.923. The maximum Gasteiger partial charge on any atom is 0.220 e. The van der Waals surface area contributed by atoms with E-state index in [-0.39, 0.29) is 12.5 Å². The van der Waals surface area contributed by atoms with Gasteiger partial charge in [0.2, 0.25) is 5.91 Å². The lowest BCUT2D eigenvalue weighted by molar-refractivity contribution is -0.302. The minimum absolute atomic E-state index is 0.179. The van der Waals surface area contributed by atoms with Gasteiger partial charge in [0.1, 0.15) is 24.4 Å². The number of allylic oxidation sites excluding steroid dienone is 3. The Balaban J connectivity index is 2.18. The minimum Gasteiger partial charge on any atom is -0.394 e. The second-order valence-electron chi connectivity index (χ2n) is 22.9. The standard InChI is InChI=1S/C65H125NO8/c1-3-5-7-9-11-13-15-17-19-21-23-25-27-29-30-31-32-34-36-38-40-42-44-46-48-50-52-54-59(68)58(57-73-65-64(72)63(71)62(70)60(56-67)74-65)66-61(69)55-53-51-49-47-45-43-41-39-37-35-33-28-26-24-22-20-18-16-14-12-10-8-6-4-2/h44,46,52,54,58-60,62-65,67-68,70-72H,3-43,45,47-51,53,55-57H2,1-2H3,(H,66,69)/b46-44+,54-52+. The Morgan fingerprint density at radius 2 is 0.770 bits per heavy atom. The number of aliphatic hydroxyl groups excluding tert-OH is 5. The number of carbonyl (C=O) groups excluding carboxylic acids is 1. The molecule has 0 radical (unpaired) electrons. The first-order valence-electron chi connectivity index (χ1n) is 32.6. The van der Waals surface area contributed by atoms with Crippen LogP contribution in [0.3, 0.4) is 0 Å². The Bertz CT molecular complexity index is 1210. The number of ether oxygens (including phenoxy) is 2. The van der Waals surface area contributed by atoms with Gasteiger partial charge in [-0.05, 0) is 32.1 Å². The molecule has 1 amide bonds. The highest BCUT2D eigenvalue weighted by molar-refractivity contribution is 5.76. The second kappa shape index (κ2) is 55.0. The number of carbonyl (C=O) groups is 1. The SMILES string of the molecule is CCCCCCCCCCCCCCCCCCCCCCC/C=C/CC/C=C/C(O)C(COC1OC(CO)C(O)C(O)C1O)NC(=O)CCCCCCCCCCCCCCCCCCCCCCCCCC. The van der Waals surface area contributed by atoms with Crippen LogP contribution in [0.1, 0.15) is 328 Å². The highest BCUT2D eigenvalue weighted by atomic mass is 16.7. The molecule has 1 aliphatic heterocycles. The molecule has 438 valence electrons. The van der Waals surface area contributed by atoms with Crippen LogP contribution in [0.5, 0.6) is 0 Å². The van der Waals surface area contributed by atoms with Crippen molar-refractivity contribution in [3.05, 3.63) is 24.3 Å². The van der Waals surface area contributed by atoms with Crippen LogP contribution in [-0.4, -0.2) is 87.5 Å². The highest BCUT2D eigenvalue weighted by Crippen LogP contribution is 2.23. The maximum atomic E-state index is 13.1. The van der Waals surface area contributed by atoms with E-state index in [1.165, 1.54) is 270 Å². The van der Waals surface area contributed by atoms with Crippen molar-refractivity contribution < 1.29 is 39.8 Å². The van der Waals surface area contributed by atoms with Gasteiger partial charge in [-0.2, -0.15) is 0 Å². The van der Waals surface area contributed by atoms with E-state index in [0.717, 1.165) is 38.5 Å². The van der Waals surface area contributed by atoms with E-state index in [1.54, 1.807) is 6.08 Å². The van der Waals surface area contributed by atoms with Crippen LogP contribution in [0.15, 0.2) is 24.3 Å². The highest BCUT2D eigenvalue weighted by Gasteiger charge is 2.44. The van der Waals surface area contributed by atoms with Crippen LogP contribution in [0.4, 0.5) is 0 Å². The van der Waals surface area contributed by atoms with E-state index in [1.807, 2.05) is 6.08 Å². The third-order valence-electron chi connectivity index (χ3n) is 15.8. The van der Waals surface area contributed by atoms with Crippen LogP contribution < -0.4 is 5.32 Å². The van der Waals surface area contributed by atoms with Crippen molar-refractivity contribution >= 4 is 5.91 Å². The summed E-state index contributed by atoms with van der Waals surface area (Å²) in [6.45, 7) is 3.82. The van der Waals surface area contributed by atoms with Gasteiger partial charge in [-0.3, -0.25) is 4.79 Å². The van der Waals surface area contributed by atoms with Gasteiger partial charge in [0.05, 0.1) is 25.4 Å². The molecule has 1 saturated heterocycles. The Hall–Kier alpha value is -1.33. The molecule has 1 fully saturated rings. The second-order valence-corrected chi connectivity index (χ2v) is 22.9. The third kappa shape index (κ3) is 43.6. The summed E-state index contributed by atoms with van der Waals surface area (Å²) in [5, 5.41) is 54.6. The summed E-state index contributed by atoms with van der Waals surface area (Å²) in [6.07, 6.45) is 64.2. The zero-order chi connectivity index (χ0) is 53.6. The monoisotopic (exact) mass is 1050 g/mol. The predicted molar refractivity (Wildman–Crippen MR) is 314 cm³/mol. The first-order chi connectivity index (χ1) is 36.3. The third-order valence-corrected chi connectivity index (χ3v) is 15.8. The van der Waals surface area contributed by atoms with Gasteiger partial charge in [-0.15, -0.1) is 0 Å². The number of rotatable bonds is 57. The van der Waals surface area contributed by atoms with Crippen LogP contribution in [0.2, 0.25) is 0 Å². The predicted octanol–water partition coefficient (Wildman–Crippen LogP) is 16.9. The molecule has 9 nitrogen and oxygen atoms in total. The molecule has 74 heavy (non-hydrogen) atoms. The Kier molecular flexibility index (Phi) is 52.5. The van der Waals surface area contributed by atoms with Crippen molar-refractivity contribution in [2.45, 2.75) is 371 Å². The molecule has 0 bridgehead atoms. The molecule has 0 saturated carbocycles. The van der Waals surface area contributed by atoms with E-state index in [2.05, 4.69) is 31.3 Å². The van der Waals surface area contributed by atoms with Gasteiger partial charge < -0.3 is 40.3 Å². The number of hydrogen-bond donors (Lipinski definition) is 6. The van der Waals surface area contributed by atoms with Crippen LogP contribution in [0, 0.1) is 0 Å². The van der Waals surface area contributed by atoms with Crippen molar-refractivity contribution in [1.82, 2.24) is 5.32 Å². The van der Waals surface area contributed by atoms with Crippen molar-refractivity contribution in [1.29, 1.82) is 0 Å². The molecule has 9 heteroatoms. The van der Waals surface area contributed by atoms with E-state index < -0.39 is 49.5 Å². The summed E-state index contributed by atoms with van der Waals surface area (Å²) in [6, 6.07) is -0.819. The molecule has 0 aromatic rings. The molecule has 7 unspecified atom stereocenters.